The van der Waals surface area contributed by atoms with Crippen molar-refractivity contribution in [2.45, 2.75) is 25.7 Å². The monoisotopic (exact) mass is 369 g/mol. The predicted octanol–water partition coefficient (Wildman–Crippen LogP) is 2.18. The molecule has 1 atom stereocenters. The number of nitrogens with one attached hydrogen (secondary N) is 2. The van der Waals surface area contributed by atoms with Crippen LogP contribution in [0, 0.1) is 5.82 Å². The van der Waals surface area contributed by atoms with E-state index in [2.05, 4.69) is 10.6 Å². The summed E-state index contributed by atoms with van der Waals surface area (Å²) in [6, 6.07) is 2.63. The van der Waals surface area contributed by atoms with Crippen LogP contribution in [-0.2, 0) is 17.5 Å². The van der Waals surface area contributed by atoms with Crippen LogP contribution in [0.15, 0.2) is 18.2 Å². The van der Waals surface area contributed by atoms with Crippen LogP contribution in [0.4, 0.5) is 17.6 Å². The fraction of sp³-hybridized carbons (Fsp3) is 0.533. The molecule has 2 rings (SSSR count). The summed E-state index contributed by atoms with van der Waals surface area (Å²) < 4.78 is 51.7. The highest BCUT2D eigenvalue weighted by Gasteiger charge is 2.33. The number of rotatable bonds is 4. The van der Waals surface area contributed by atoms with Crippen LogP contribution in [-0.4, -0.2) is 43.0 Å². The number of halogens is 5. The number of hydrogen-bond donors (Lipinski definition) is 2. The van der Waals surface area contributed by atoms with E-state index in [0.29, 0.717) is 12.6 Å². The van der Waals surface area contributed by atoms with Gasteiger partial charge in [-0.25, -0.2) is 4.39 Å². The molecule has 0 saturated carbocycles. The molecule has 1 aromatic carbocycles. The molecule has 0 aliphatic carbocycles. The van der Waals surface area contributed by atoms with Gasteiger partial charge in [-0.2, -0.15) is 13.2 Å². The van der Waals surface area contributed by atoms with Gasteiger partial charge < -0.3 is 10.6 Å². The summed E-state index contributed by atoms with van der Waals surface area (Å²) in [5.41, 5.74) is -1.21. The van der Waals surface area contributed by atoms with Gasteiger partial charge in [0.1, 0.15) is 5.82 Å². The molecule has 24 heavy (non-hydrogen) atoms. The molecule has 1 heterocycles. The van der Waals surface area contributed by atoms with Gasteiger partial charge in [0.05, 0.1) is 12.1 Å². The molecule has 1 aliphatic heterocycles. The van der Waals surface area contributed by atoms with Gasteiger partial charge in [0.25, 0.3) is 0 Å². The second kappa shape index (κ2) is 8.64. The number of amides is 1. The van der Waals surface area contributed by atoms with E-state index in [4.69, 9.17) is 0 Å². The van der Waals surface area contributed by atoms with Crippen molar-refractivity contribution in [2.75, 3.05) is 26.2 Å². The molecular formula is C15H20ClF4N3O. The summed E-state index contributed by atoms with van der Waals surface area (Å²) in [4.78, 5) is 13.9. The first kappa shape index (κ1) is 20.7. The Kier molecular flexibility index (Phi) is 7.44. The Hall–Kier alpha value is -1.38. The van der Waals surface area contributed by atoms with Crippen molar-refractivity contribution in [3.05, 3.63) is 35.1 Å². The third-order valence-corrected chi connectivity index (χ3v) is 3.84. The molecule has 0 bridgehead atoms. The van der Waals surface area contributed by atoms with Gasteiger partial charge in [-0.05, 0) is 24.6 Å². The molecule has 1 aliphatic rings. The second-order valence-corrected chi connectivity index (χ2v) is 5.60. The van der Waals surface area contributed by atoms with Crippen molar-refractivity contribution < 1.29 is 22.4 Å². The van der Waals surface area contributed by atoms with Crippen LogP contribution in [0.5, 0.6) is 0 Å². The maximum Gasteiger partial charge on any atom is 0.416 e. The number of alkyl halides is 3. The molecule has 4 nitrogen and oxygen atoms in total. The van der Waals surface area contributed by atoms with Crippen molar-refractivity contribution >= 4 is 18.3 Å². The largest absolute Gasteiger partial charge is 0.416 e. The highest BCUT2D eigenvalue weighted by atomic mass is 35.5. The second-order valence-electron chi connectivity index (χ2n) is 5.60. The number of piperazine rings is 1. The molecule has 1 fully saturated rings. The van der Waals surface area contributed by atoms with Gasteiger partial charge in [0.2, 0.25) is 5.91 Å². The van der Waals surface area contributed by atoms with E-state index in [1.807, 2.05) is 11.8 Å². The molecule has 0 unspecified atom stereocenters. The summed E-state index contributed by atoms with van der Waals surface area (Å²) in [6.07, 6.45) is -4.66. The van der Waals surface area contributed by atoms with E-state index < -0.39 is 17.6 Å². The zero-order valence-corrected chi connectivity index (χ0v) is 13.9. The van der Waals surface area contributed by atoms with Crippen molar-refractivity contribution in [3.8, 4) is 0 Å². The Bertz CT molecular complexity index is 568. The van der Waals surface area contributed by atoms with Crippen LogP contribution >= 0.6 is 12.4 Å². The molecule has 0 aromatic heterocycles. The van der Waals surface area contributed by atoms with Gasteiger partial charge in [-0.3, -0.25) is 9.69 Å². The summed E-state index contributed by atoms with van der Waals surface area (Å²) in [5, 5.41) is 5.67. The van der Waals surface area contributed by atoms with Gasteiger partial charge in [-0.15, -0.1) is 12.4 Å². The first-order chi connectivity index (χ1) is 10.8. The molecule has 1 saturated heterocycles. The van der Waals surface area contributed by atoms with Crippen LogP contribution in [0.25, 0.3) is 0 Å². The zero-order valence-electron chi connectivity index (χ0n) is 13.1. The lowest BCUT2D eigenvalue weighted by atomic mass is 10.1. The number of carbonyl (C=O) groups is 1. The predicted molar refractivity (Wildman–Crippen MR) is 84.4 cm³/mol. The van der Waals surface area contributed by atoms with Crippen LogP contribution in [0.1, 0.15) is 18.1 Å². The summed E-state index contributed by atoms with van der Waals surface area (Å²) in [7, 11) is 0. The Balaban J connectivity index is 0.00000288. The van der Waals surface area contributed by atoms with Crippen LogP contribution in [0.3, 0.4) is 0 Å². The summed E-state index contributed by atoms with van der Waals surface area (Å²) >= 11 is 0. The Morgan fingerprint density at radius 1 is 1.42 bits per heavy atom. The van der Waals surface area contributed by atoms with E-state index in [9.17, 15) is 22.4 Å². The molecule has 0 radical (unpaired) electrons. The van der Waals surface area contributed by atoms with Gasteiger partial charge in [0.15, 0.2) is 0 Å². The summed E-state index contributed by atoms with van der Waals surface area (Å²) in [6.45, 7) is 4.07. The maximum absolute atomic E-state index is 13.0. The minimum absolute atomic E-state index is 0. The van der Waals surface area contributed by atoms with Gasteiger partial charge >= 0.3 is 6.18 Å². The van der Waals surface area contributed by atoms with Crippen molar-refractivity contribution in [2.24, 2.45) is 0 Å². The number of carbonyl (C=O) groups excluding carboxylic acids is 1. The smallest absolute Gasteiger partial charge is 0.351 e. The number of benzene rings is 1. The van der Waals surface area contributed by atoms with Crippen LogP contribution in [0.2, 0.25) is 0 Å². The Morgan fingerprint density at radius 3 is 2.75 bits per heavy atom. The standard InChI is InChI=1S/C15H19F4N3O.ClH/c1-10-7-20-4-5-22(10)9-14(23)21-8-11-2-3-12(16)6-13(11)15(17,18)19;/h2-3,6,10,20H,4-5,7-9H2,1H3,(H,21,23);1H/t10-;/m0./s1. The third-order valence-electron chi connectivity index (χ3n) is 3.84. The van der Waals surface area contributed by atoms with E-state index in [1.165, 1.54) is 0 Å². The topological polar surface area (TPSA) is 44.4 Å². The van der Waals surface area contributed by atoms with Crippen molar-refractivity contribution in [1.82, 2.24) is 15.5 Å². The van der Waals surface area contributed by atoms with Crippen molar-refractivity contribution in [3.63, 3.8) is 0 Å². The van der Waals surface area contributed by atoms with E-state index in [-0.39, 0.29) is 43.0 Å². The van der Waals surface area contributed by atoms with E-state index >= 15 is 0 Å². The quantitative estimate of drug-likeness (QED) is 0.800. The van der Waals surface area contributed by atoms with Gasteiger partial charge in [0, 0.05) is 32.2 Å². The molecule has 1 aromatic rings. The first-order valence-corrected chi connectivity index (χ1v) is 7.34. The number of hydrogen-bond acceptors (Lipinski definition) is 3. The normalized spacial score (nSPS) is 18.8. The molecule has 9 heteroatoms. The van der Waals surface area contributed by atoms with Crippen molar-refractivity contribution in [1.29, 1.82) is 0 Å². The molecular weight excluding hydrogens is 350 g/mol. The molecule has 136 valence electrons. The lowest BCUT2D eigenvalue weighted by Gasteiger charge is -2.33. The fourth-order valence-electron chi connectivity index (χ4n) is 2.52. The Morgan fingerprint density at radius 2 is 2.12 bits per heavy atom. The highest BCUT2D eigenvalue weighted by molar-refractivity contribution is 5.85. The minimum Gasteiger partial charge on any atom is -0.351 e. The molecule has 2 N–H and O–H groups in total. The van der Waals surface area contributed by atoms with Crippen LogP contribution < -0.4 is 10.6 Å². The summed E-state index contributed by atoms with van der Waals surface area (Å²) in [5.74, 6) is -1.31. The molecule has 0 spiro atoms. The SMILES string of the molecule is C[C@H]1CNCCN1CC(=O)NCc1ccc(F)cc1C(F)(F)F.Cl. The highest BCUT2D eigenvalue weighted by Crippen LogP contribution is 2.32. The van der Waals surface area contributed by atoms with E-state index in [1.54, 1.807) is 0 Å². The Labute approximate surface area is 144 Å². The van der Waals surface area contributed by atoms with Gasteiger partial charge in [-0.1, -0.05) is 6.07 Å². The minimum atomic E-state index is -4.66. The third kappa shape index (κ3) is 5.61. The average molecular weight is 370 g/mol. The number of nitrogens with zero attached hydrogens (tertiary/aromatic N) is 1. The molecule has 1 amide bonds. The lowest BCUT2D eigenvalue weighted by Crippen LogP contribution is -2.52. The van der Waals surface area contributed by atoms with E-state index in [0.717, 1.165) is 25.2 Å². The first-order valence-electron chi connectivity index (χ1n) is 7.34. The lowest BCUT2D eigenvalue weighted by molar-refractivity contribution is -0.138. The zero-order chi connectivity index (χ0) is 17.0. The maximum atomic E-state index is 13.0. The average Bonchev–Trinajstić information content (AvgIpc) is 2.47. The fourth-order valence-corrected chi connectivity index (χ4v) is 2.52.